The number of oxime groups is 1. The van der Waals surface area contributed by atoms with Gasteiger partial charge in [0.2, 0.25) is 5.60 Å². The molecular weight excluding hydrogens is 453 g/mol. The van der Waals surface area contributed by atoms with Gasteiger partial charge in [-0.15, -0.1) is 0 Å². The Labute approximate surface area is 204 Å². The largest absolute Gasteiger partial charge is 0.466 e. The first-order valence-electron chi connectivity index (χ1n) is 11.8. The quantitative estimate of drug-likeness (QED) is 0.486. The molecule has 9 heteroatoms. The number of aromatic nitrogens is 1. The van der Waals surface area contributed by atoms with Crippen molar-refractivity contribution in [3.8, 4) is 0 Å². The molecule has 2 heterocycles. The molecule has 1 aliphatic heterocycles. The van der Waals surface area contributed by atoms with Crippen molar-refractivity contribution in [2.24, 2.45) is 17.0 Å². The monoisotopic (exact) mass is 485 g/mol. The van der Waals surface area contributed by atoms with Crippen LogP contribution in [0.3, 0.4) is 0 Å². The third kappa shape index (κ3) is 6.01. The second kappa shape index (κ2) is 11.4. The number of carbonyl (C=O) groups is 3. The average molecular weight is 486 g/mol. The fourth-order valence-electron chi connectivity index (χ4n) is 3.87. The van der Waals surface area contributed by atoms with Gasteiger partial charge in [-0.2, -0.15) is 0 Å². The molecule has 0 saturated heterocycles. The van der Waals surface area contributed by atoms with Crippen molar-refractivity contribution in [3.05, 3.63) is 42.2 Å². The van der Waals surface area contributed by atoms with E-state index < -0.39 is 42.4 Å². The number of ether oxygens (including phenoxy) is 1. The van der Waals surface area contributed by atoms with E-state index in [1.807, 2.05) is 44.2 Å². The molecule has 0 radical (unpaired) electrons. The first-order chi connectivity index (χ1) is 16.7. The average Bonchev–Trinajstić information content (AvgIpc) is 3.29. The van der Waals surface area contributed by atoms with E-state index >= 15 is 0 Å². The van der Waals surface area contributed by atoms with Gasteiger partial charge in [0.15, 0.2) is 5.78 Å². The van der Waals surface area contributed by atoms with Crippen molar-refractivity contribution in [3.63, 3.8) is 0 Å². The summed E-state index contributed by atoms with van der Waals surface area (Å²) < 4.78 is 18.4. The van der Waals surface area contributed by atoms with E-state index in [0.717, 1.165) is 10.8 Å². The Bertz CT molecular complexity index is 1110. The maximum atomic E-state index is 13.4. The molecule has 1 aromatic carbocycles. The zero-order valence-electron chi connectivity index (χ0n) is 20.5. The van der Waals surface area contributed by atoms with Gasteiger partial charge in [0.25, 0.3) is 5.91 Å². The predicted molar refractivity (Wildman–Crippen MR) is 129 cm³/mol. The Morgan fingerprint density at radius 1 is 1.17 bits per heavy atom. The lowest BCUT2D eigenvalue weighted by Crippen LogP contribution is -2.55. The molecule has 1 aliphatic rings. The van der Waals surface area contributed by atoms with Gasteiger partial charge in [-0.05, 0) is 23.8 Å². The highest BCUT2D eigenvalue weighted by atomic mass is 19.1. The number of hydrogen-bond acceptors (Lipinski definition) is 7. The smallest absolute Gasteiger partial charge is 0.308 e. The summed E-state index contributed by atoms with van der Waals surface area (Å²) in [5, 5.41) is 8.54. The number of halogens is 1. The first-order valence-corrected chi connectivity index (χ1v) is 11.8. The highest BCUT2D eigenvalue weighted by Crippen LogP contribution is 2.35. The summed E-state index contributed by atoms with van der Waals surface area (Å²) in [6.07, 6.45) is 1.97. The van der Waals surface area contributed by atoms with Crippen molar-refractivity contribution in [2.45, 2.75) is 58.6 Å². The molecule has 0 aliphatic carbocycles. The lowest BCUT2D eigenvalue weighted by Gasteiger charge is -2.30. The predicted octanol–water partition coefficient (Wildman–Crippen LogP) is 3.76. The molecule has 188 valence electrons. The second-order valence-electron chi connectivity index (χ2n) is 9.46. The Morgan fingerprint density at radius 3 is 2.60 bits per heavy atom. The number of amides is 1. The van der Waals surface area contributed by atoms with Crippen LogP contribution >= 0.6 is 0 Å². The Balaban J connectivity index is 1.77. The van der Waals surface area contributed by atoms with Crippen molar-refractivity contribution in [1.82, 2.24) is 10.3 Å². The summed E-state index contributed by atoms with van der Waals surface area (Å²) in [5.74, 6) is -2.25. The van der Waals surface area contributed by atoms with Gasteiger partial charge in [0.05, 0.1) is 18.7 Å². The third-order valence-electron chi connectivity index (χ3n) is 6.17. The van der Waals surface area contributed by atoms with Crippen LogP contribution in [-0.2, 0) is 24.0 Å². The Morgan fingerprint density at radius 2 is 1.91 bits per heavy atom. The van der Waals surface area contributed by atoms with Gasteiger partial charge < -0.3 is 14.9 Å². The second-order valence-corrected chi connectivity index (χ2v) is 9.46. The molecule has 0 saturated carbocycles. The molecule has 3 rings (SSSR count). The van der Waals surface area contributed by atoms with Crippen LogP contribution in [0.2, 0.25) is 0 Å². The summed E-state index contributed by atoms with van der Waals surface area (Å²) in [4.78, 5) is 48.0. The van der Waals surface area contributed by atoms with Crippen molar-refractivity contribution >= 4 is 34.1 Å². The molecule has 0 fully saturated rings. The van der Waals surface area contributed by atoms with E-state index in [2.05, 4.69) is 15.5 Å². The van der Waals surface area contributed by atoms with Gasteiger partial charge in [0, 0.05) is 23.9 Å². The molecule has 8 nitrogen and oxygen atoms in total. The number of Topliss-reactive ketones (excluding diaryl/α,β-unsaturated/α-hetero) is 1. The van der Waals surface area contributed by atoms with Crippen LogP contribution in [0.25, 0.3) is 10.8 Å². The minimum absolute atomic E-state index is 0.104. The Hall–Kier alpha value is -3.36. The lowest BCUT2D eigenvalue weighted by atomic mass is 9.83. The van der Waals surface area contributed by atoms with E-state index in [0.29, 0.717) is 23.7 Å². The molecule has 2 atom stereocenters. The fraction of sp³-hybridized carbons (Fsp3) is 0.500. The highest BCUT2D eigenvalue weighted by molar-refractivity contribution is 6.12. The van der Waals surface area contributed by atoms with Crippen LogP contribution in [0, 0.1) is 11.8 Å². The molecule has 1 amide bonds. The molecule has 1 aromatic heterocycles. The van der Waals surface area contributed by atoms with E-state index in [9.17, 15) is 18.8 Å². The number of benzene rings is 1. The molecule has 2 aromatic rings. The minimum Gasteiger partial charge on any atom is -0.466 e. The first kappa shape index (κ1) is 26.2. The van der Waals surface area contributed by atoms with Crippen LogP contribution in [0.1, 0.15) is 52.7 Å². The van der Waals surface area contributed by atoms with Crippen molar-refractivity contribution in [1.29, 1.82) is 0 Å². The summed E-state index contributed by atoms with van der Waals surface area (Å²) in [6.45, 7) is 6.43. The minimum atomic E-state index is -1.44. The van der Waals surface area contributed by atoms with Gasteiger partial charge in [0.1, 0.15) is 18.4 Å². The van der Waals surface area contributed by atoms with Crippen LogP contribution < -0.4 is 5.32 Å². The summed E-state index contributed by atoms with van der Waals surface area (Å²) in [5.41, 5.74) is -0.347. The fourth-order valence-corrected chi connectivity index (χ4v) is 3.87. The highest BCUT2D eigenvalue weighted by Gasteiger charge is 2.51. The number of rotatable bonds is 11. The molecular formula is C26H32FN3O5. The van der Waals surface area contributed by atoms with E-state index in [1.54, 1.807) is 20.0 Å². The van der Waals surface area contributed by atoms with Gasteiger partial charge in [-0.1, -0.05) is 57.1 Å². The third-order valence-corrected chi connectivity index (χ3v) is 6.17. The van der Waals surface area contributed by atoms with Crippen LogP contribution in [0.15, 0.2) is 41.7 Å². The number of fused-ring (bicyclic) bond motifs is 1. The van der Waals surface area contributed by atoms with Crippen molar-refractivity contribution < 1.29 is 28.3 Å². The number of nitrogens with one attached hydrogen (secondary N) is 1. The standard InChI is InChI=1S/C26H32FN3O5/c1-16(2)10-12-34-23(32)13-20(22(31)15-27)29-25(33)26(17(3)4)14-21(30-35-26)24-19-8-6-5-7-18(19)9-11-28-24/h5-9,11,16-17,20H,10,12-15H2,1-4H3,(H,29,33)/t20-,26+/m0/s1. The molecule has 0 unspecified atom stereocenters. The number of esters is 1. The maximum absolute atomic E-state index is 13.4. The lowest BCUT2D eigenvalue weighted by molar-refractivity contribution is -0.153. The molecule has 0 spiro atoms. The van der Waals surface area contributed by atoms with Crippen LogP contribution in [-0.4, -0.2) is 53.3 Å². The molecule has 0 bridgehead atoms. The molecule has 35 heavy (non-hydrogen) atoms. The zero-order chi connectivity index (χ0) is 25.6. The number of alkyl halides is 1. The summed E-state index contributed by atoms with van der Waals surface area (Å²) in [6, 6.07) is 8.19. The van der Waals surface area contributed by atoms with Crippen LogP contribution in [0.5, 0.6) is 0 Å². The number of ketones is 1. The topological polar surface area (TPSA) is 107 Å². The normalized spacial score (nSPS) is 18.3. The number of pyridine rings is 1. The molecule has 1 N–H and O–H groups in total. The number of carbonyl (C=O) groups excluding carboxylic acids is 3. The maximum Gasteiger partial charge on any atom is 0.308 e. The SMILES string of the molecule is CC(C)CCOC(=O)C[C@H](NC(=O)[C@]1(C(C)C)CC(c2nccc3ccccc23)=NO1)C(=O)CF. The summed E-state index contributed by atoms with van der Waals surface area (Å²) >= 11 is 0. The van der Waals surface area contributed by atoms with E-state index in [1.165, 1.54) is 0 Å². The van der Waals surface area contributed by atoms with Gasteiger partial charge in [-0.25, -0.2) is 4.39 Å². The number of hydrogen-bond donors (Lipinski definition) is 1. The van der Waals surface area contributed by atoms with Gasteiger partial charge >= 0.3 is 5.97 Å². The van der Waals surface area contributed by atoms with E-state index in [4.69, 9.17) is 9.57 Å². The summed E-state index contributed by atoms with van der Waals surface area (Å²) in [7, 11) is 0. The van der Waals surface area contributed by atoms with Crippen molar-refractivity contribution in [2.75, 3.05) is 13.3 Å². The van der Waals surface area contributed by atoms with E-state index in [-0.39, 0.29) is 18.9 Å². The number of nitrogens with zero attached hydrogens (tertiary/aromatic N) is 2. The van der Waals surface area contributed by atoms with Crippen LogP contribution in [0.4, 0.5) is 4.39 Å². The van der Waals surface area contributed by atoms with Gasteiger partial charge in [-0.3, -0.25) is 19.4 Å². The zero-order valence-corrected chi connectivity index (χ0v) is 20.5. The Kier molecular flexibility index (Phi) is 8.53.